The van der Waals surface area contributed by atoms with Crippen molar-refractivity contribution in [2.75, 3.05) is 0 Å². The summed E-state index contributed by atoms with van der Waals surface area (Å²) < 4.78 is 27.6. The molecule has 20 heavy (non-hydrogen) atoms. The minimum atomic E-state index is -3.44. The largest absolute Gasteiger partial charge is 0.324 e. The minimum absolute atomic E-state index is 0.0650. The summed E-state index contributed by atoms with van der Waals surface area (Å²) in [5, 5.41) is 0. The molecular weight excluding hydrogens is 272 g/mol. The molecular formula is C15H24N2O2S. The SMILES string of the molecule is CC1CCC(NS(=O)(=O)c2cccc(C(C)N)c2)CC1. The normalized spacial score (nSPS) is 25.4. The van der Waals surface area contributed by atoms with Crippen LogP contribution in [0.4, 0.5) is 0 Å². The van der Waals surface area contributed by atoms with Crippen molar-refractivity contribution in [3.63, 3.8) is 0 Å². The highest BCUT2D eigenvalue weighted by Gasteiger charge is 2.24. The lowest BCUT2D eigenvalue weighted by Crippen LogP contribution is -2.37. The van der Waals surface area contributed by atoms with Gasteiger partial charge in [0.05, 0.1) is 4.90 Å². The molecule has 3 N–H and O–H groups in total. The molecule has 1 saturated carbocycles. The third kappa shape index (κ3) is 3.81. The first-order valence-corrected chi connectivity index (χ1v) is 8.74. The molecule has 1 aliphatic carbocycles. The Morgan fingerprint density at radius 2 is 1.90 bits per heavy atom. The predicted octanol–water partition coefficient (Wildman–Crippen LogP) is 2.56. The van der Waals surface area contributed by atoms with Gasteiger partial charge in [0.15, 0.2) is 0 Å². The Bertz CT molecular complexity index is 547. The Morgan fingerprint density at radius 3 is 2.50 bits per heavy atom. The van der Waals surface area contributed by atoms with Gasteiger partial charge in [0.2, 0.25) is 10.0 Å². The highest BCUT2D eigenvalue weighted by molar-refractivity contribution is 7.89. The van der Waals surface area contributed by atoms with Crippen LogP contribution in [0, 0.1) is 5.92 Å². The van der Waals surface area contributed by atoms with E-state index >= 15 is 0 Å². The lowest BCUT2D eigenvalue weighted by atomic mass is 9.88. The molecule has 2 rings (SSSR count). The standard InChI is InChI=1S/C15H24N2O2S/c1-11-6-8-14(9-7-11)17-20(18,19)15-5-3-4-13(10-15)12(2)16/h3-5,10-12,14,17H,6-9,16H2,1-2H3. The molecule has 0 bridgehead atoms. The first-order valence-electron chi connectivity index (χ1n) is 7.26. The highest BCUT2D eigenvalue weighted by atomic mass is 32.2. The van der Waals surface area contributed by atoms with Gasteiger partial charge in [-0.25, -0.2) is 13.1 Å². The van der Waals surface area contributed by atoms with Gasteiger partial charge in [-0.2, -0.15) is 0 Å². The Morgan fingerprint density at radius 1 is 1.25 bits per heavy atom. The van der Waals surface area contributed by atoms with Gasteiger partial charge in [0, 0.05) is 12.1 Å². The van der Waals surface area contributed by atoms with Gasteiger partial charge in [-0.15, -0.1) is 0 Å². The molecule has 1 unspecified atom stereocenters. The maximum atomic E-state index is 12.4. The molecule has 0 saturated heterocycles. The van der Waals surface area contributed by atoms with Gasteiger partial charge in [-0.1, -0.05) is 19.1 Å². The van der Waals surface area contributed by atoms with E-state index in [0.717, 1.165) is 31.2 Å². The summed E-state index contributed by atoms with van der Waals surface area (Å²) in [5.74, 6) is 0.706. The molecule has 1 aromatic rings. The van der Waals surface area contributed by atoms with Crippen molar-refractivity contribution >= 4 is 10.0 Å². The third-order valence-corrected chi connectivity index (χ3v) is 5.55. The number of benzene rings is 1. The molecule has 0 amide bonds. The Labute approximate surface area is 121 Å². The minimum Gasteiger partial charge on any atom is -0.324 e. The van der Waals surface area contributed by atoms with E-state index in [1.807, 2.05) is 13.0 Å². The fourth-order valence-electron chi connectivity index (χ4n) is 2.63. The predicted molar refractivity (Wildman–Crippen MR) is 80.8 cm³/mol. The number of rotatable bonds is 4. The summed E-state index contributed by atoms with van der Waals surface area (Å²) in [6.07, 6.45) is 4.03. The van der Waals surface area contributed by atoms with Crippen molar-refractivity contribution in [3.05, 3.63) is 29.8 Å². The number of nitrogens with two attached hydrogens (primary N) is 1. The van der Waals surface area contributed by atoms with E-state index in [-0.39, 0.29) is 12.1 Å². The lowest BCUT2D eigenvalue weighted by Gasteiger charge is -2.26. The average molecular weight is 296 g/mol. The Hall–Kier alpha value is -0.910. The van der Waals surface area contributed by atoms with Crippen molar-refractivity contribution in [2.24, 2.45) is 11.7 Å². The summed E-state index contributed by atoms with van der Waals surface area (Å²) in [4.78, 5) is 0.311. The zero-order valence-electron chi connectivity index (χ0n) is 12.2. The van der Waals surface area contributed by atoms with Gasteiger partial charge >= 0.3 is 0 Å². The van der Waals surface area contributed by atoms with E-state index in [1.165, 1.54) is 0 Å². The molecule has 0 spiro atoms. The quantitative estimate of drug-likeness (QED) is 0.897. The van der Waals surface area contributed by atoms with Crippen LogP contribution in [0.3, 0.4) is 0 Å². The molecule has 4 nitrogen and oxygen atoms in total. The van der Waals surface area contributed by atoms with E-state index in [4.69, 9.17) is 5.73 Å². The molecule has 0 radical (unpaired) electrons. The van der Waals surface area contributed by atoms with Crippen LogP contribution in [0.1, 0.15) is 51.1 Å². The van der Waals surface area contributed by atoms with E-state index in [2.05, 4.69) is 11.6 Å². The maximum Gasteiger partial charge on any atom is 0.240 e. The first-order chi connectivity index (χ1) is 9.38. The van der Waals surface area contributed by atoms with Crippen LogP contribution < -0.4 is 10.5 Å². The van der Waals surface area contributed by atoms with Crippen molar-refractivity contribution in [1.29, 1.82) is 0 Å². The van der Waals surface area contributed by atoms with Crippen molar-refractivity contribution in [1.82, 2.24) is 4.72 Å². The molecule has 0 heterocycles. The summed E-state index contributed by atoms with van der Waals surface area (Å²) >= 11 is 0. The molecule has 0 aromatic heterocycles. The van der Waals surface area contributed by atoms with Gasteiger partial charge in [0.25, 0.3) is 0 Å². The van der Waals surface area contributed by atoms with Crippen LogP contribution in [0.5, 0.6) is 0 Å². The fraction of sp³-hybridized carbons (Fsp3) is 0.600. The van der Waals surface area contributed by atoms with Crippen molar-refractivity contribution in [3.8, 4) is 0 Å². The zero-order chi connectivity index (χ0) is 14.8. The van der Waals surface area contributed by atoms with E-state index in [9.17, 15) is 8.42 Å². The van der Waals surface area contributed by atoms with Gasteiger partial charge in [0.1, 0.15) is 0 Å². The molecule has 0 aliphatic heterocycles. The van der Waals surface area contributed by atoms with Gasteiger partial charge < -0.3 is 5.73 Å². The Balaban J connectivity index is 2.12. The summed E-state index contributed by atoms with van der Waals surface area (Å²) in [6.45, 7) is 4.07. The van der Waals surface area contributed by atoms with Crippen LogP contribution in [-0.2, 0) is 10.0 Å². The van der Waals surface area contributed by atoms with Crippen molar-refractivity contribution in [2.45, 2.75) is 56.5 Å². The Kier molecular flexibility index (Phi) is 4.83. The average Bonchev–Trinajstić information content (AvgIpc) is 2.41. The monoisotopic (exact) mass is 296 g/mol. The second-order valence-electron chi connectivity index (χ2n) is 5.94. The number of hydrogen-bond donors (Lipinski definition) is 2. The van der Waals surface area contributed by atoms with E-state index in [0.29, 0.717) is 10.8 Å². The van der Waals surface area contributed by atoms with Crippen LogP contribution in [0.2, 0.25) is 0 Å². The number of hydrogen-bond acceptors (Lipinski definition) is 3. The summed E-state index contributed by atoms with van der Waals surface area (Å²) in [7, 11) is -3.44. The lowest BCUT2D eigenvalue weighted by molar-refractivity contribution is 0.332. The number of sulfonamides is 1. The molecule has 1 atom stereocenters. The zero-order valence-corrected chi connectivity index (χ0v) is 13.0. The van der Waals surface area contributed by atoms with E-state index < -0.39 is 10.0 Å². The smallest absolute Gasteiger partial charge is 0.240 e. The van der Waals surface area contributed by atoms with Crippen LogP contribution in [0.15, 0.2) is 29.2 Å². The summed E-state index contributed by atoms with van der Waals surface area (Å²) in [6, 6.07) is 6.79. The third-order valence-electron chi connectivity index (χ3n) is 4.03. The molecule has 112 valence electrons. The second-order valence-corrected chi connectivity index (χ2v) is 7.65. The van der Waals surface area contributed by atoms with Gasteiger partial charge in [-0.3, -0.25) is 0 Å². The first kappa shape index (κ1) is 15.5. The molecule has 1 aliphatic rings. The van der Waals surface area contributed by atoms with Crippen molar-refractivity contribution < 1.29 is 8.42 Å². The molecule has 1 aromatic carbocycles. The van der Waals surface area contributed by atoms with Gasteiger partial charge in [-0.05, 0) is 56.2 Å². The molecule has 5 heteroatoms. The maximum absolute atomic E-state index is 12.4. The van der Waals surface area contributed by atoms with E-state index in [1.54, 1.807) is 18.2 Å². The van der Waals surface area contributed by atoms with Crippen LogP contribution >= 0.6 is 0 Å². The highest BCUT2D eigenvalue weighted by Crippen LogP contribution is 2.25. The topological polar surface area (TPSA) is 72.2 Å². The van der Waals surface area contributed by atoms with Crippen LogP contribution in [-0.4, -0.2) is 14.5 Å². The van der Waals surface area contributed by atoms with Crippen LogP contribution in [0.25, 0.3) is 0 Å². The fourth-order valence-corrected chi connectivity index (χ4v) is 3.99. The molecule has 1 fully saturated rings. The summed E-state index contributed by atoms with van der Waals surface area (Å²) in [5.41, 5.74) is 6.65. The number of nitrogens with one attached hydrogen (secondary N) is 1. The second kappa shape index (κ2) is 6.24.